The highest BCUT2D eigenvalue weighted by molar-refractivity contribution is 5.79. The summed E-state index contributed by atoms with van der Waals surface area (Å²) < 4.78 is 0. The minimum atomic E-state index is 0.803. The van der Waals surface area contributed by atoms with E-state index in [0.717, 1.165) is 38.7 Å². The van der Waals surface area contributed by atoms with Crippen molar-refractivity contribution in [2.45, 2.75) is 46.7 Å². The molecule has 124 valence electrons. The first-order chi connectivity index (χ1) is 10.7. The summed E-state index contributed by atoms with van der Waals surface area (Å²) in [6, 6.07) is 8.79. The number of rotatable bonds is 9. The predicted molar refractivity (Wildman–Crippen MR) is 96.2 cm³/mol. The van der Waals surface area contributed by atoms with Crippen molar-refractivity contribution in [2.75, 3.05) is 26.7 Å². The van der Waals surface area contributed by atoms with Crippen LogP contribution in [0.2, 0.25) is 0 Å². The van der Waals surface area contributed by atoms with Crippen molar-refractivity contribution in [3.63, 3.8) is 0 Å². The summed E-state index contributed by atoms with van der Waals surface area (Å²) >= 11 is 0. The first-order valence-electron chi connectivity index (χ1n) is 8.48. The summed E-state index contributed by atoms with van der Waals surface area (Å²) in [7, 11) is 1.82. The number of aliphatic imine (C=N–C) groups is 1. The molecule has 0 atom stereocenters. The normalized spacial score (nSPS) is 11.8. The number of nitrogens with zero attached hydrogens (tertiary/aromatic N) is 2. The van der Waals surface area contributed by atoms with Gasteiger partial charge in [-0.2, -0.15) is 0 Å². The van der Waals surface area contributed by atoms with Crippen LogP contribution in [-0.4, -0.2) is 37.5 Å². The van der Waals surface area contributed by atoms with Gasteiger partial charge in [-0.1, -0.05) is 51.5 Å². The topological polar surface area (TPSA) is 39.7 Å². The summed E-state index contributed by atoms with van der Waals surface area (Å²) in [6.07, 6.45) is 2.36. The van der Waals surface area contributed by atoms with Crippen molar-refractivity contribution in [3.8, 4) is 0 Å². The molecule has 0 saturated carbocycles. The molecule has 0 heterocycles. The van der Waals surface area contributed by atoms with Crippen molar-refractivity contribution in [1.29, 1.82) is 0 Å². The van der Waals surface area contributed by atoms with E-state index in [2.05, 4.69) is 65.6 Å². The Morgan fingerprint density at radius 2 is 1.82 bits per heavy atom. The van der Waals surface area contributed by atoms with Crippen LogP contribution in [0.25, 0.3) is 0 Å². The largest absolute Gasteiger partial charge is 0.356 e. The van der Waals surface area contributed by atoms with Gasteiger partial charge in [0, 0.05) is 26.7 Å². The molecule has 0 bridgehead atoms. The van der Waals surface area contributed by atoms with Gasteiger partial charge >= 0.3 is 0 Å². The van der Waals surface area contributed by atoms with E-state index in [9.17, 15) is 0 Å². The summed E-state index contributed by atoms with van der Waals surface area (Å²) in [4.78, 5) is 6.69. The van der Waals surface area contributed by atoms with E-state index >= 15 is 0 Å². The summed E-state index contributed by atoms with van der Waals surface area (Å²) in [5.41, 5.74) is 2.67. The lowest BCUT2D eigenvalue weighted by atomic mass is 10.1. The van der Waals surface area contributed by atoms with Crippen LogP contribution in [0.3, 0.4) is 0 Å². The Morgan fingerprint density at radius 1 is 1.09 bits per heavy atom. The molecule has 0 aliphatic carbocycles. The lowest BCUT2D eigenvalue weighted by molar-refractivity contribution is 0.296. The van der Waals surface area contributed by atoms with Crippen LogP contribution in [0.1, 0.15) is 44.7 Å². The molecule has 0 unspecified atom stereocenters. The highest BCUT2D eigenvalue weighted by Crippen LogP contribution is 2.08. The Balaban J connectivity index is 2.51. The molecule has 22 heavy (non-hydrogen) atoms. The number of benzene rings is 1. The minimum absolute atomic E-state index is 0.803. The molecular weight excluding hydrogens is 272 g/mol. The zero-order chi connectivity index (χ0) is 16.2. The maximum absolute atomic E-state index is 4.26. The first-order valence-corrected chi connectivity index (χ1v) is 8.48. The van der Waals surface area contributed by atoms with Crippen LogP contribution < -0.4 is 10.6 Å². The second-order valence-electron chi connectivity index (χ2n) is 5.49. The van der Waals surface area contributed by atoms with Crippen molar-refractivity contribution < 1.29 is 0 Å². The van der Waals surface area contributed by atoms with Crippen LogP contribution in [0.5, 0.6) is 0 Å². The van der Waals surface area contributed by atoms with Gasteiger partial charge in [0.1, 0.15) is 0 Å². The zero-order valence-electron chi connectivity index (χ0n) is 14.7. The summed E-state index contributed by atoms with van der Waals surface area (Å²) in [5.74, 6) is 0.877. The van der Waals surface area contributed by atoms with E-state index in [1.807, 2.05) is 7.05 Å². The molecule has 0 amide bonds. The maximum atomic E-state index is 4.26. The number of nitrogens with one attached hydrogen (secondary N) is 2. The Morgan fingerprint density at radius 3 is 2.45 bits per heavy atom. The molecule has 0 aliphatic rings. The fourth-order valence-corrected chi connectivity index (χ4v) is 2.33. The lowest BCUT2D eigenvalue weighted by Gasteiger charge is -2.18. The quantitative estimate of drug-likeness (QED) is 0.418. The third-order valence-corrected chi connectivity index (χ3v) is 3.80. The molecule has 0 aromatic heterocycles. The second-order valence-corrected chi connectivity index (χ2v) is 5.49. The molecule has 1 rings (SSSR count). The van der Waals surface area contributed by atoms with Gasteiger partial charge in [0.15, 0.2) is 5.96 Å². The van der Waals surface area contributed by atoms with Gasteiger partial charge in [-0.3, -0.25) is 9.89 Å². The predicted octanol–water partition coefficient (Wildman–Crippen LogP) is 2.99. The molecule has 0 fully saturated rings. The van der Waals surface area contributed by atoms with Crippen LogP contribution in [0.15, 0.2) is 29.3 Å². The fraction of sp³-hybridized carbons (Fsp3) is 0.611. The monoisotopic (exact) mass is 304 g/mol. The van der Waals surface area contributed by atoms with Gasteiger partial charge in [0.25, 0.3) is 0 Å². The third-order valence-electron chi connectivity index (χ3n) is 3.80. The van der Waals surface area contributed by atoms with E-state index in [-0.39, 0.29) is 0 Å². The van der Waals surface area contributed by atoms with Crippen LogP contribution >= 0.6 is 0 Å². The molecule has 1 aromatic rings. The average molecular weight is 304 g/mol. The molecule has 4 nitrogen and oxygen atoms in total. The SMILES string of the molecule is CCCCNC(=NC)NCc1cccc(CN(CC)CC)c1. The lowest BCUT2D eigenvalue weighted by Crippen LogP contribution is -2.37. The van der Waals surface area contributed by atoms with E-state index in [4.69, 9.17) is 0 Å². The van der Waals surface area contributed by atoms with Gasteiger partial charge in [0.2, 0.25) is 0 Å². The molecule has 2 N–H and O–H groups in total. The van der Waals surface area contributed by atoms with Crippen molar-refractivity contribution in [2.24, 2.45) is 4.99 Å². The smallest absolute Gasteiger partial charge is 0.191 e. The Labute approximate surface area is 136 Å². The van der Waals surface area contributed by atoms with Crippen LogP contribution in [-0.2, 0) is 13.1 Å². The molecule has 0 spiro atoms. The van der Waals surface area contributed by atoms with Crippen LogP contribution in [0, 0.1) is 0 Å². The number of guanidine groups is 1. The fourth-order valence-electron chi connectivity index (χ4n) is 2.33. The van der Waals surface area contributed by atoms with E-state index in [1.165, 1.54) is 24.0 Å². The van der Waals surface area contributed by atoms with Gasteiger partial charge in [-0.15, -0.1) is 0 Å². The van der Waals surface area contributed by atoms with E-state index < -0.39 is 0 Å². The van der Waals surface area contributed by atoms with Crippen LogP contribution in [0.4, 0.5) is 0 Å². The number of unbranched alkanes of at least 4 members (excludes halogenated alkanes) is 1. The zero-order valence-corrected chi connectivity index (χ0v) is 14.7. The average Bonchev–Trinajstić information content (AvgIpc) is 2.56. The van der Waals surface area contributed by atoms with Crippen molar-refractivity contribution >= 4 is 5.96 Å². The highest BCUT2D eigenvalue weighted by atomic mass is 15.2. The van der Waals surface area contributed by atoms with Gasteiger partial charge in [0.05, 0.1) is 0 Å². The summed E-state index contributed by atoms with van der Waals surface area (Å²) in [6.45, 7) is 11.6. The standard InChI is InChI=1S/C18H32N4/c1-5-8-12-20-18(19-4)21-14-16-10-9-11-17(13-16)15-22(6-2)7-3/h9-11,13H,5-8,12,14-15H2,1-4H3,(H2,19,20,21). The second kappa shape index (κ2) is 11.1. The maximum Gasteiger partial charge on any atom is 0.191 e. The molecule has 1 aromatic carbocycles. The third kappa shape index (κ3) is 6.94. The molecule has 4 heteroatoms. The Kier molecular flexibility index (Phi) is 9.31. The van der Waals surface area contributed by atoms with E-state index in [0.29, 0.717) is 0 Å². The summed E-state index contributed by atoms with van der Waals surface area (Å²) in [5, 5.41) is 6.71. The Bertz CT molecular complexity index is 438. The van der Waals surface area contributed by atoms with Gasteiger partial charge in [-0.25, -0.2) is 0 Å². The van der Waals surface area contributed by atoms with Gasteiger partial charge < -0.3 is 10.6 Å². The minimum Gasteiger partial charge on any atom is -0.356 e. The number of hydrogen-bond acceptors (Lipinski definition) is 2. The van der Waals surface area contributed by atoms with Gasteiger partial charge in [-0.05, 0) is 30.6 Å². The first kappa shape index (κ1) is 18.5. The van der Waals surface area contributed by atoms with Crippen molar-refractivity contribution in [3.05, 3.63) is 35.4 Å². The molecule has 0 saturated heterocycles. The molecular formula is C18H32N4. The molecule has 0 aliphatic heterocycles. The van der Waals surface area contributed by atoms with E-state index in [1.54, 1.807) is 0 Å². The molecule has 0 radical (unpaired) electrons. The number of hydrogen-bond donors (Lipinski definition) is 2. The Hall–Kier alpha value is -1.55. The van der Waals surface area contributed by atoms with Crippen molar-refractivity contribution in [1.82, 2.24) is 15.5 Å². The highest BCUT2D eigenvalue weighted by Gasteiger charge is 2.03.